The van der Waals surface area contributed by atoms with E-state index in [2.05, 4.69) is 10.2 Å². The number of fused-ring (bicyclic) bond motifs is 1. The van der Waals surface area contributed by atoms with Crippen molar-refractivity contribution in [2.45, 2.75) is 13.0 Å². The second-order valence-electron chi connectivity index (χ2n) is 6.06. The third kappa shape index (κ3) is 3.48. The smallest absolute Gasteiger partial charge is 0.339 e. The van der Waals surface area contributed by atoms with Crippen LogP contribution in [0.15, 0.2) is 46.9 Å². The lowest BCUT2D eigenvalue weighted by Crippen LogP contribution is -2.17. The van der Waals surface area contributed by atoms with Gasteiger partial charge in [-0.2, -0.15) is 0 Å². The van der Waals surface area contributed by atoms with Gasteiger partial charge in [0.1, 0.15) is 13.2 Å². The monoisotopic (exact) mass is 382 g/mol. The topological polar surface area (TPSA) is 92.9 Å². The van der Waals surface area contributed by atoms with E-state index in [1.165, 1.54) is 7.11 Å². The molecule has 144 valence electrons. The second-order valence-corrected chi connectivity index (χ2v) is 6.06. The predicted molar refractivity (Wildman–Crippen MR) is 97.5 cm³/mol. The highest BCUT2D eigenvalue weighted by Gasteiger charge is 2.24. The molecule has 0 amide bonds. The van der Waals surface area contributed by atoms with Crippen LogP contribution in [0, 0.1) is 0 Å². The number of hydrogen-bond donors (Lipinski definition) is 0. The van der Waals surface area contributed by atoms with Crippen molar-refractivity contribution in [3.63, 3.8) is 0 Å². The summed E-state index contributed by atoms with van der Waals surface area (Å²) in [5.74, 6) is 1.32. The van der Waals surface area contributed by atoms with Crippen molar-refractivity contribution in [1.29, 1.82) is 0 Å². The molecule has 0 radical (unpaired) electrons. The molecule has 1 aromatic heterocycles. The average Bonchev–Trinajstić information content (AvgIpc) is 3.24. The lowest BCUT2D eigenvalue weighted by atomic mass is 10.1. The van der Waals surface area contributed by atoms with Gasteiger partial charge in [0.05, 0.1) is 12.7 Å². The van der Waals surface area contributed by atoms with E-state index in [-0.39, 0.29) is 11.5 Å². The van der Waals surface area contributed by atoms with Crippen molar-refractivity contribution in [2.24, 2.45) is 0 Å². The van der Waals surface area contributed by atoms with E-state index in [4.69, 9.17) is 23.4 Å². The zero-order valence-corrected chi connectivity index (χ0v) is 15.4. The van der Waals surface area contributed by atoms with Gasteiger partial charge in [0.15, 0.2) is 17.6 Å². The number of aromatic nitrogens is 2. The molecule has 1 aliphatic rings. The van der Waals surface area contributed by atoms with Crippen molar-refractivity contribution >= 4 is 5.97 Å². The summed E-state index contributed by atoms with van der Waals surface area (Å²) in [7, 11) is 1.49. The maximum Gasteiger partial charge on any atom is 0.339 e. The zero-order valence-electron chi connectivity index (χ0n) is 15.4. The molecule has 0 saturated heterocycles. The van der Waals surface area contributed by atoms with Gasteiger partial charge >= 0.3 is 5.97 Å². The first-order chi connectivity index (χ1) is 13.7. The van der Waals surface area contributed by atoms with E-state index >= 15 is 0 Å². The van der Waals surface area contributed by atoms with E-state index in [1.807, 2.05) is 30.3 Å². The number of carbonyl (C=O) groups is 1. The fraction of sp³-hybridized carbons (Fsp3) is 0.250. The van der Waals surface area contributed by atoms with E-state index in [1.54, 1.807) is 19.1 Å². The molecule has 0 fully saturated rings. The molecule has 8 nitrogen and oxygen atoms in total. The molecule has 0 saturated carbocycles. The highest BCUT2D eigenvalue weighted by atomic mass is 16.6. The Morgan fingerprint density at radius 1 is 1.11 bits per heavy atom. The molecule has 28 heavy (non-hydrogen) atoms. The van der Waals surface area contributed by atoms with Gasteiger partial charge in [-0.05, 0) is 31.2 Å². The van der Waals surface area contributed by atoms with Crippen molar-refractivity contribution in [3.8, 4) is 28.7 Å². The number of ether oxygens (including phenoxy) is 4. The van der Waals surface area contributed by atoms with Crippen LogP contribution in [0.2, 0.25) is 0 Å². The van der Waals surface area contributed by atoms with E-state index in [9.17, 15) is 4.79 Å². The lowest BCUT2D eigenvalue weighted by Gasteiger charge is -2.21. The SMILES string of the molecule is COc1cc(C(=O)O[C@H](C)c2nnc(-c3ccccc3)o2)cc2c1OCCO2. The molecule has 2 aromatic carbocycles. The van der Waals surface area contributed by atoms with Crippen molar-refractivity contribution < 1.29 is 28.2 Å². The molecule has 1 atom stereocenters. The van der Waals surface area contributed by atoms with Crippen LogP contribution in [0.3, 0.4) is 0 Å². The molecule has 0 N–H and O–H groups in total. The molecule has 0 bridgehead atoms. The van der Waals surface area contributed by atoms with Crippen molar-refractivity contribution in [3.05, 3.63) is 53.9 Å². The van der Waals surface area contributed by atoms with Gasteiger partial charge in [0.25, 0.3) is 5.89 Å². The number of rotatable bonds is 5. The summed E-state index contributed by atoms with van der Waals surface area (Å²) in [5.41, 5.74) is 1.06. The quantitative estimate of drug-likeness (QED) is 0.620. The van der Waals surface area contributed by atoms with Gasteiger partial charge in [-0.25, -0.2) is 4.79 Å². The van der Waals surface area contributed by atoms with E-state index in [0.717, 1.165) is 5.56 Å². The average molecular weight is 382 g/mol. The van der Waals surface area contributed by atoms with Crippen LogP contribution in [0.4, 0.5) is 0 Å². The minimum absolute atomic E-state index is 0.205. The summed E-state index contributed by atoms with van der Waals surface area (Å²) in [6.07, 6.45) is -0.725. The second kappa shape index (κ2) is 7.59. The van der Waals surface area contributed by atoms with Gasteiger partial charge in [0.2, 0.25) is 11.6 Å². The van der Waals surface area contributed by atoms with Crippen LogP contribution in [0.25, 0.3) is 11.5 Å². The Labute approximate surface area is 161 Å². The van der Waals surface area contributed by atoms with E-state index < -0.39 is 12.1 Å². The molecule has 0 unspecified atom stereocenters. The molecular formula is C20H18N2O6. The maximum absolute atomic E-state index is 12.6. The molecule has 1 aliphatic heterocycles. The van der Waals surface area contributed by atoms with Crippen LogP contribution in [-0.2, 0) is 4.74 Å². The molecule has 2 heterocycles. The van der Waals surface area contributed by atoms with Gasteiger partial charge in [-0.3, -0.25) is 0 Å². The lowest BCUT2D eigenvalue weighted by molar-refractivity contribution is 0.0278. The fourth-order valence-corrected chi connectivity index (χ4v) is 2.77. The Kier molecular flexibility index (Phi) is 4.84. The highest BCUT2D eigenvalue weighted by molar-refractivity contribution is 5.91. The predicted octanol–water partition coefficient (Wildman–Crippen LogP) is 3.43. The Morgan fingerprint density at radius 3 is 2.68 bits per heavy atom. The summed E-state index contributed by atoms with van der Waals surface area (Å²) in [5, 5.41) is 7.99. The summed E-state index contributed by atoms with van der Waals surface area (Å²) in [6.45, 7) is 2.48. The van der Waals surface area contributed by atoms with Crippen LogP contribution < -0.4 is 14.2 Å². The Balaban J connectivity index is 1.51. The van der Waals surface area contributed by atoms with Gasteiger partial charge in [-0.15, -0.1) is 10.2 Å². The van der Waals surface area contributed by atoms with E-state index in [0.29, 0.717) is 36.4 Å². The minimum atomic E-state index is -0.725. The van der Waals surface area contributed by atoms with Crippen molar-refractivity contribution in [2.75, 3.05) is 20.3 Å². The Bertz CT molecular complexity index is 968. The van der Waals surface area contributed by atoms with Gasteiger partial charge in [-0.1, -0.05) is 18.2 Å². The van der Waals surface area contributed by atoms with Crippen LogP contribution in [0.5, 0.6) is 17.2 Å². The number of benzene rings is 2. The summed E-state index contributed by atoms with van der Waals surface area (Å²) < 4.78 is 27.5. The maximum atomic E-state index is 12.6. The first-order valence-corrected chi connectivity index (χ1v) is 8.73. The molecule has 4 rings (SSSR count). The molecule has 0 spiro atoms. The molecular weight excluding hydrogens is 364 g/mol. The largest absolute Gasteiger partial charge is 0.493 e. The fourth-order valence-electron chi connectivity index (χ4n) is 2.77. The summed E-state index contributed by atoms with van der Waals surface area (Å²) in [6, 6.07) is 12.5. The molecule has 8 heteroatoms. The minimum Gasteiger partial charge on any atom is -0.493 e. The number of nitrogens with zero attached hydrogens (tertiary/aromatic N) is 2. The van der Waals surface area contributed by atoms with Gasteiger partial charge < -0.3 is 23.4 Å². The standard InChI is InChI=1S/C20H18N2O6/c1-12(18-21-22-19(28-18)13-6-4-3-5-7-13)27-20(23)14-10-15(24-2)17-16(11-14)25-8-9-26-17/h3-7,10-12H,8-9H2,1-2H3/t12-/m1/s1. The van der Waals surface area contributed by atoms with Crippen LogP contribution in [-0.4, -0.2) is 36.5 Å². The van der Waals surface area contributed by atoms with Crippen LogP contribution in [0.1, 0.15) is 29.3 Å². The number of esters is 1. The number of carbonyl (C=O) groups excluding carboxylic acids is 1. The first kappa shape index (κ1) is 17.8. The molecule has 0 aliphatic carbocycles. The van der Waals surface area contributed by atoms with Gasteiger partial charge in [0, 0.05) is 5.56 Å². The highest BCUT2D eigenvalue weighted by Crippen LogP contribution is 2.40. The Morgan fingerprint density at radius 2 is 1.89 bits per heavy atom. The number of methoxy groups -OCH3 is 1. The third-order valence-electron chi connectivity index (χ3n) is 4.16. The number of hydrogen-bond acceptors (Lipinski definition) is 8. The third-order valence-corrected chi connectivity index (χ3v) is 4.16. The molecule has 3 aromatic rings. The zero-order chi connectivity index (χ0) is 19.5. The first-order valence-electron chi connectivity index (χ1n) is 8.73. The van der Waals surface area contributed by atoms with Crippen LogP contribution >= 0.6 is 0 Å². The normalized spacial score (nSPS) is 13.6. The van der Waals surface area contributed by atoms with Crippen molar-refractivity contribution in [1.82, 2.24) is 10.2 Å². The summed E-state index contributed by atoms with van der Waals surface area (Å²) in [4.78, 5) is 12.6. The summed E-state index contributed by atoms with van der Waals surface area (Å²) >= 11 is 0. The Hall–Kier alpha value is -3.55.